The van der Waals surface area contributed by atoms with E-state index in [0.717, 1.165) is 25.3 Å². The first-order valence-corrected chi connectivity index (χ1v) is 4.30. The van der Waals surface area contributed by atoms with E-state index in [2.05, 4.69) is 5.32 Å². The minimum atomic E-state index is 0.306. The van der Waals surface area contributed by atoms with Crippen molar-refractivity contribution in [3.63, 3.8) is 0 Å². The molecule has 0 saturated carbocycles. The molecule has 0 bridgehead atoms. The lowest BCUT2D eigenvalue weighted by Crippen LogP contribution is -2.18. The van der Waals surface area contributed by atoms with Crippen LogP contribution < -0.4 is 5.32 Å². The van der Waals surface area contributed by atoms with Gasteiger partial charge in [0.1, 0.15) is 5.75 Å². The zero-order chi connectivity index (χ0) is 9.52. The van der Waals surface area contributed by atoms with Gasteiger partial charge in [-0.1, -0.05) is 12.1 Å². The van der Waals surface area contributed by atoms with E-state index < -0.39 is 0 Å². The second kappa shape index (κ2) is 5.56. The number of ether oxygens (including phenoxy) is 1. The summed E-state index contributed by atoms with van der Waals surface area (Å²) < 4.78 is 4.90. The molecule has 0 unspecified atom stereocenters. The van der Waals surface area contributed by atoms with Crippen LogP contribution in [0.3, 0.4) is 0 Å². The summed E-state index contributed by atoms with van der Waals surface area (Å²) in [4.78, 5) is 0. The summed E-state index contributed by atoms with van der Waals surface area (Å²) in [6.45, 7) is 2.37. The number of phenolic OH excluding ortho intramolecular Hbond substituents is 1. The van der Waals surface area contributed by atoms with Crippen molar-refractivity contribution in [1.29, 1.82) is 0 Å². The minimum Gasteiger partial charge on any atom is -0.508 e. The molecule has 0 amide bonds. The van der Waals surface area contributed by atoms with Crippen molar-refractivity contribution in [3.8, 4) is 5.75 Å². The SMILES string of the molecule is COCCNCc1ccc(O)cc1. The standard InChI is InChI=1S/C10H15NO2/c1-13-7-6-11-8-9-2-4-10(12)5-3-9/h2-5,11-12H,6-8H2,1H3. The summed E-state index contributed by atoms with van der Waals surface area (Å²) in [7, 11) is 1.68. The highest BCUT2D eigenvalue weighted by Crippen LogP contribution is 2.08. The molecule has 1 aromatic rings. The topological polar surface area (TPSA) is 41.5 Å². The first-order chi connectivity index (χ1) is 6.33. The fourth-order valence-corrected chi connectivity index (χ4v) is 1.02. The Kier molecular flexibility index (Phi) is 4.29. The van der Waals surface area contributed by atoms with Crippen molar-refractivity contribution < 1.29 is 9.84 Å². The number of rotatable bonds is 5. The molecule has 0 aromatic heterocycles. The number of nitrogens with one attached hydrogen (secondary N) is 1. The molecule has 0 aliphatic heterocycles. The van der Waals surface area contributed by atoms with Gasteiger partial charge < -0.3 is 15.2 Å². The van der Waals surface area contributed by atoms with Gasteiger partial charge in [0.2, 0.25) is 0 Å². The fraction of sp³-hybridized carbons (Fsp3) is 0.400. The van der Waals surface area contributed by atoms with Gasteiger partial charge in [-0.2, -0.15) is 0 Å². The summed E-state index contributed by atoms with van der Waals surface area (Å²) in [6, 6.07) is 7.17. The molecule has 72 valence electrons. The average Bonchev–Trinajstić information content (AvgIpc) is 2.15. The minimum absolute atomic E-state index is 0.306. The monoisotopic (exact) mass is 181 g/mol. The maximum absolute atomic E-state index is 9.03. The van der Waals surface area contributed by atoms with Crippen LogP contribution in [0.15, 0.2) is 24.3 Å². The third kappa shape index (κ3) is 3.92. The lowest BCUT2D eigenvalue weighted by atomic mass is 10.2. The van der Waals surface area contributed by atoms with E-state index in [9.17, 15) is 0 Å². The van der Waals surface area contributed by atoms with E-state index in [1.807, 2.05) is 12.1 Å². The number of methoxy groups -OCH3 is 1. The summed E-state index contributed by atoms with van der Waals surface area (Å²) in [5.41, 5.74) is 1.16. The number of hydrogen-bond donors (Lipinski definition) is 2. The molecule has 1 rings (SSSR count). The van der Waals surface area contributed by atoms with Crippen LogP contribution in [-0.2, 0) is 11.3 Å². The molecule has 0 aliphatic rings. The van der Waals surface area contributed by atoms with Crippen LogP contribution in [0.5, 0.6) is 5.75 Å². The van der Waals surface area contributed by atoms with Gasteiger partial charge in [-0.15, -0.1) is 0 Å². The van der Waals surface area contributed by atoms with Gasteiger partial charge >= 0.3 is 0 Å². The van der Waals surface area contributed by atoms with Crippen LogP contribution in [0.2, 0.25) is 0 Å². The molecule has 3 nitrogen and oxygen atoms in total. The molecule has 2 N–H and O–H groups in total. The molecule has 3 heteroatoms. The van der Waals surface area contributed by atoms with E-state index in [1.54, 1.807) is 19.2 Å². The van der Waals surface area contributed by atoms with Gasteiger partial charge in [0.05, 0.1) is 6.61 Å². The second-order valence-corrected chi connectivity index (χ2v) is 2.84. The van der Waals surface area contributed by atoms with Crippen LogP contribution in [0.4, 0.5) is 0 Å². The molecule has 13 heavy (non-hydrogen) atoms. The Hall–Kier alpha value is -1.06. The quantitative estimate of drug-likeness (QED) is 0.669. The van der Waals surface area contributed by atoms with E-state index in [4.69, 9.17) is 9.84 Å². The highest BCUT2D eigenvalue weighted by Gasteiger charge is 1.92. The number of hydrogen-bond acceptors (Lipinski definition) is 3. The first-order valence-electron chi connectivity index (χ1n) is 4.30. The molecule has 0 atom stereocenters. The van der Waals surface area contributed by atoms with Gasteiger partial charge in [-0.05, 0) is 17.7 Å². The van der Waals surface area contributed by atoms with Crippen LogP contribution in [0.25, 0.3) is 0 Å². The van der Waals surface area contributed by atoms with Gasteiger partial charge in [0, 0.05) is 20.2 Å². The zero-order valence-electron chi connectivity index (χ0n) is 7.79. The molecular weight excluding hydrogens is 166 g/mol. The third-order valence-electron chi connectivity index (χ3n) is 1.75. The lowest BCUT2D eigenvalue weighted by Gasteiger charge is -2.03. The van der Waals surface area contributed by atoms with Crippen LogP contribution >= 0.6 is 0 Å². The van der Waals surface area contributed by atoms with Crippen molar-refractivity contribution in [2.24, 2.45) is 0 Å². The van der Waals surface area contributed by atoms with Gasteiger partial charge in [0.25, 0.3) is 0 Å². The predicted molar refractivity (Wildman–Crippen MR) is 51.7 cm³/mol. The van der Waals surface area contributed by atoms with Crippen LogP contribution in [0, 0.1) is 0 Å². The molecule has 0 saturated heterocycles. The van der Waals surface area contributed by atoms with Crippen molar-refractivity contribution in [2.75, 3.05) is 20.3 Å². The Bertz CT molecular complexity index is 233. The van der Waals surface area contributed by atoms with Gasteiger partial charge in [0.15, 0.2) is 0 Å². The average molecular weight is 181 g/mol. The van der Waals surface area contributed by atoms with Crippen molar-refractivity contribution >= 4 is 0 Å². The van der Waals surface area contributed by atoms with Crippen LogP contribution in [0.1, 0.15) is 5.56 Å². The highest BCUT2D eigenvalue weighted by molar-refractivity contribution is 5.25. The van der Waals surface area contributed by atoms with Gasteiger partial charge in [-0.3, -0.25) is 0 Å². The maximum Gasteiger partial charge on any atom is 0.115 e. The maximum atomic E-state index is 9.03. The normalized spacial score (nSPS) is 10.2. The van der Waals surface area contributed by atoms with E-state index in [1.165, 1.54) is 0 Å². The second-order valence-electron chi connectivity index (χ2n) is 2.84. The Balaban J connectivity index is 2.25. The number of aromatic hydroxyl groups is 1. The summed E-state index contributed by atoms with van der Waals surface area (Å²) in [5, 5.41) is 12.2. The van der Waals surface area contributed by atoms with Crippen molar-refractivity contribution in [2.45, 2.75) is 6.54 Å². The van der Waals surface area contributed by atoms with Gasteiger partial charge in [-0.25, -0.2) is 0 Å². The largest absolute Gasteiger partial charge is 0.508 e. The summed E-state index contributed by atoms with van der Waals surface area (Å²) in [6.07, 6.45) is 0. The lowest BCUT2D eigenvalue weighted by molar-refractivity contribution is 0.199. The molecule has 0 fully saturated rings. The van der Waals surface area contributed by atoms with Crippen LogP contribution in [-0.4, -0.2) is 25.4 Å². The van der Waals surface area contributed by atoms with Crippen molar-refractivity contribution in [3.05, 3.63) is 29.8 Å². The molecule has 0 radical (unpaired) electrons. The Morgan fingerprint density at radius 3 is 2.62 bits per heavy atom. The molecule has 0 spiro atoms. The Morgan fingerprint density at radius 2 is 2.00 bits per heavy atom. The fourth-order valence-electron chi connectivity index (χ4n) is 1.02. The first kappa shape index (κ1) is 10.0. The molecule has 0 heterocycles. The highest BCUT2D eigenvalue weighted by atomic mass is 16.5. The Morgan fingerprint density at radius 1 is 1.31 bits per heavy atom. The third-order valence-corrected chi connectivity index (χ3v) is 1.75. The predicted octanol–water partition coefficient (Wildman–Crippen LogP) is 1.13. The molecule has 1 aromatic carbocycles. The number of phenols is 1. The number of benzene rings is 1. The zero-order valence-corrected chi connectivity index (χ0v) is 7.79. The van der Waals surface area contributed by atoms with E-state index >= 15 is 0 Å². The van der Waals surface area contributed by atoms with E-state index in [-0.39, 0.29) is 0 Å². The summed E-state index contributed by atoms with van der Waals surface area (Å²) in [5.74, 6) is 0.306. The summed E-state index contributed by atoms with van der Waals surface area (Å²) >= 11 is 0. The van der Waals surface area contributed by atoms with Crippen molar-refractivity contribution in [1.82, 2.24) is 5.32 Å². The smallest absolute Gasteiger partial charge is 0.115 e. The Labute approximate surface area is 78.3 Å². The molecule has 0 aliphatic carbocycles. The van der Waals surface area contributed by atoms with E-state index in [0.29, 0.717) is 5.75 Å². The molecular formula is C10H15NO2.